The Morgan fingerprint density at radius 2 is 1.85 bits per heavy atom. The fourth-order valence-electron chi connectivity index (χ4n) is 4.90. The average Bonchev–Trinajstić information content (AvgIpc) is 2.88. The van der Waals surface area contributed by atoms with Crippen LogP contribution in [-0.4, -0.2) is 106 Å². The first-order chi connectivity index (χ1) is 18.9. The molecule has 12 nitrogen and oxygen atoms in total. The second kappa shape index (κ2) is 12.2. The van der Waals surface area contributed by atoms with Crippen molar-refractivity contribution in [2.75, 3.05) is 81.1 Å². The van der Waals surface area contributed by atoms with Crippen molar-refractivity contribution in [3.05, 3.63) is 36.0 Å². The molecule has 2 aromatic rings. The molecular formula is C26H37ClN8O4S. The fraction of sp³-hybridized carbons (Fsp3) is 0.500. The van der Waals surface area contributed by atoms with Crippen molar-refractivity contribution in [2.24, 2.45) is 0 Å². The van der Waals surface area contributed by atoms with Gasteiger partial charge in [-0.2, -0.15) is 9.29 Å². The molecule has 218 valence electrons. The molecule has 0 aliphatic carbocycles. The van der Waals surface area contributed by atoms with E-state index in [4.69, 9.17) is 16.3 Å². The number of anilines is 5. The van der Waals surface area contributed by atoms with Gasteiger partial charge in [0.15, 0.2) is 5.82 Å². The average molecular weight is 593 g/mol. The number of aromatic nitrogens is 2. The van der Waals surface area contributed by atoms with Crippen molar-refractivity contribution in [2.45, 2.75) is 24.9 Å². The first-order valence-electron chi connectivity index (χ1n) is 13.0. The van der Waals surface area contributed by atoms with Gasteiger partial charge in [0.2, 0.25) is 21.9 Å². The second-order valence-electron chi connectivity index (χ2n) is 10.3. The van der Waals surface area contributed by atoms with E-state index in [2.05, 4.69) is 51.1 Å². The Kier molecular flexibility index (Phi) is 9.08. The summed E-state index contributed by atoms with van der Waals surface area (Å²) < 4.78 is 30.7. The minimum Gasteiger partial charge on any atom is -0.494 e. The van der Waals surface area contributed by atoms with Gasteiger partial charge in [0, 0.05) is 45.3 Å². The lowest BCUT2D eigenvalue weighted by Crippen LogP contribution is -2.60. The number of carbonyl (C=O) groups excluding carboxylic acids is 1. The number of likely N-dealkylation sites (N-methyl/N-ethyl adjacent to an activating group) is 1. The number of carbonyl (C=O) groups is 1. The zero-order valence-electron chi connectivity index (χ0n) is 23.5. The van der Waals surface area contributed by atoms with Crippen LogP contribution in [0.25, 0.3) is 0 Å². The normalized spacial score (nSPS) is 16.9. The largest absolute Gasteiger partial charge is 0.494 e. The summed E-state index contributed by atoms with van der Waals surface area (Å²) >= 11 is 6.42. The second-order valence-corrected chi connectivity index (χ2v) is 12.7. The lowest BCUT2D eigenvalue weighted by Gasteiger charge is -2.42. The number of amides is 1. The van der Waals surface area contributed by atoms with Crippen molar-refractivity contribution in [1.82, 2.24) is 19.2 Å². The number of benzene rings is 1. The standard InChI is InChI=1S/C26H37ClN8O4S/c1-7-24(36)29-20-12-21(23(39-5)13-22(20)34-10-8-17(9-11-34)32(2)3)30-26-28-14-19(27)25(31-26)33(4)18-15-35(16-18)40(6,37)38/h7,12-14,17-18H,1,8-11,15-16H2,2-6H3,(H,29,36)(H,28,30,31). The molecule has 40 heavy (non-hydrogen) atoms. The number of methoxy groups -OCH3 is 1. The van der Waals surface area contributed by atoms with Crippen LogP contribution in [0, 0.1) is 0 Å². The van der Waals surface area contributed by atoms with Crippen LogP contribution >= 0.6 is 11.6 Å². The lowest BCUT2D eigenvalue weighted by atomic mass is 10.0. The van der Waals surface area contributed by atoms with E-state index in [-0.39, 0.29) is 17.9 Å². The molecule has 0 bridgehead atoms. The zero-order valence-corrected chi connectivity index (χ0v) is 25.1. The van der Waals surface area contributed by atoms with E-state index in [1.54, 1.807) is 13.2 Å². The molecule has 2 N–H and O–H groups in total. The molecule has 1 aromatic carbocycles. The summed E-state index contributed by atoms with van der Waals surface area (Å²) in [7, 11) is 4.35. The predicted octanol–water partition coefficient (Wildman–Crippen LogP) is 2.62. The summed E-state index contributed by atoms with van der Waals surface area (Å²) in [6, 6.07) is 4.13. The molecule has 14 heteroatoms. The van der Waals surface area contributed by atoms with Gasteiger partial charge in [-0.15, -0.1) is 0 Å². The number of sulfonamides is 1. The highest BCUT2D eigenvalue weighted by Gasteiger charge is 2.37. The van der Waals surface area contributed by atoms with E-state index in [0.717, 1.165) is 31.6 Å². The molecule has 3 heterocycles. The van der Waals surface area contributed by atoms with E-state index in [9.17, 15) is 13.2 Å². The van der Waals surface area contributed by atoms with Gasteiger partial charge in [0.05, 0.1) is 42.7 Å². The van der Waals surface area contributed by atoms with Gasteiger partial charge in [0.25, 0.3) is 0 Å². The lowest BCUT2D eigenvalue weighted by molar-refractivity contribution is -0.111. The van der Waals surface area contributed by atoms with Gasteiger partial charge in [-0.3, -0.25) is 4.79 Å². The molecule has 2 saturated heterocycles. The number of hydrogen-bond acceptors (Lipinski definition) is 10. The molecule has 0 atom stereocenters. The van der Waals surface area contributed by atoms with Gasteiger partial charge >= 0.3 is 0 Å². The SMILES string of the molecule is C=CC(=O)Nc1cc(Nc2ncc(Cl)c(N(C)C3CN(S(C)(=O)=O)C3)n2)c(OC)cc1N1CCC(N(C)C)CC1. The molecule has 0 saturated carbocycles. The summed E-state index contributed by atoms with van der Waals surface area (Å²) in [5.74, 6) is 0.967. The molecule has 2 aliphatic heterocycles. The Labute approximate surface area is 241 Å². The Balaban J connectivity index is 1.60. The molecule has 0 radical (unpaired) electrons. The molecule has 2 fully saturated rings. The van der Waals surface area contributed by atoms with Gasteiger partial charge in [-0.05, 0) is 39.1 Å². The third kappa shape index (κ3) is 6.60. The predicted molar refractivity (Wildman–Crippen MR) is 160 cm³/mol. The molecule has 2 aliphatic rings. The van der Waals surface area contributed by atoms with E-state index >= 15 is 0 Å². The van der Waals surface area contributed by atoms with Gasteiger partial charge < -0.3 is 30.1 Å². The van der Waals surface area contributed by atoms with Crippen molar-refractivity contribution in [1.29, 1.82) is 0 Å². The van der Waals surface area contributed by atoms with Gasteiger partial charge in [-0.25, -0.2) is 13.4 Å². The van der Waals surface area contributed by atoms with Crippen molar-refractivity contribution < 1.29 is 17.9 Å². The van der Waals surface area contributed by atoms with Crippen LogP contribution in [0.4, 0.5) is 28.8 Å². The molecule has 0 spiro atoms. The quantitative estimate of drug-likeness (QED) is 0.398. The summed E-state index contributed by atoms with van der Waals surface area (Å²) in [4.78, 5) is 27.6. The highest BCUT2D eigenvalue weighted by Crippen LogP contribution is 2.40. The smallest absolute Gasteiger partial charge is 0.247 e. The number of rotatable bonds is 10. The summed E-state index contributed by atoms with van der Waals surface area (Å²) in [5.41, 5.74) is 2.02. The molecule has 1 aromatic heterocycles. The van der Waals surface area contributed by atoms with Crippen LogP contribution in [0.1, 0.15) is 12.8 Å². The Morgan fingerprint density at radius 3 is 2.42 bits per heavy atom. The number of ether oxygens (including phenoxy) is 1. The number of piperidine rings is 1. The fourth-order valence-corrected chi connectivity index (χ4v) is 6.01. The van der Waals surface area contributed by atoms with Gasteiger partial charge in [-0.1, -0.05) is 18.2 Å². The van der Waals surface area contributed by atoms with E-state index in [1.165, 1.54) is 22.8 Å². The van der Waals surface area contributed by atoms with Crippen LogP contribution in [0.2, 0.25) is 5.02 Å². The summed E-state index contributed by atoms with van der Waals surface area (Å²) in [6.45, 7) is 5.97. The van der Waals surface area contributed by atoms with Gasteiger partial charge in [0.1, 0.15) is 10.8 Å². The number of nitrogens with one attached hydrogen (secondary N) is 2. The minimum atomic E-state index is -3.24. The Hall–Kier alpha value is -3.13. The maximum atomic E-state index is 12.3. The van der Waals surface area contributed by atoms with Crippen molar-refractivity contribution >= 4 is 56.4 Å². The van der Waals surface area contributed by atoms with Crippen LogP contribution < -0.4 is 25.2 Å². The van der Waals surface area contributed by atoms with Crippen LogP contribution in [0.5, 0.6) is 5.75 Å². The first kappa shape index (κ1) is 29.8. The number of hydrogen-bond donors (Lipinski definition) is 2. The molecular weight excluding hydrogens is 556 g/mol. The van der Waals surface area contributed by atoms with Crippen molar-refractivity contribution in [3.63, 3.8) is 0 Å². The summed E-state index contributed by atoms with van der Waals surface area (Å²) in [5, 5.41) is 6.46. The highest BCUT2D eigenvalue weighted by atomic mass is 35.5. The van der Waals surface area contributed by atoms with Crippen LogP contribution in [0.15, 0.2) is 31.0 Å². The first-order valence-corrected chi connectivity index (χ1v) is 15.2. The van der Waals surface area contributed by atoms with E-state index < -0.39 is 10.0 Å². The summed E-state index contributed by atoms with van der Waals surface area (Å²) in [6.07, 6.45) is 5.92. The number of halogens is 1. The van der Waals surface area contributed by atoms with E-state index in [1.807, 2.05) is 18.0 Å². The monoisotopic (exact) mass is 592 g/mol. The van der Waals surface area contributed by atoms with E-state index in [0.29, 0.717) is 47.1 Å². The topological polar surface area (TPSA) is 123 Å². The molecule has 1 amide bonds. The zero-order chi connectivity index (χ0) is 29.2. The maximum absolute atomic E-state index is 12.3. The molecule has 0 unspecified atom stereocenters. The van der Waals surface area contributed by atoms with Crippen LogP contribution in [0.3, 0.4) is 0 Å². The Morgan fingerprint density at radius 1 is 1.18 bits per heavy atom. The minimum absolute atomic E-state index is 0.0684. The maximum Gasteiger partial charge on any atom is 0.247 e. The highest BCUT2D eigenvalue weighted by molar-refractivity contribution is 7.88. The van der Waals surface area contributed by atoms with Crippen LogP contribution in [-0.2, 0) is 14.8 Å². The van der Waals surface area contributed by atoms with Crippen molar-refractivity contribution in [3.8, 4) is 5.75 Å². The third-order valence-electron chi connectivity index (χ3n) is 7.45. The Bertz CT molecular complexity index is 1360. The number of nitrogens with zero attached hydrogens (tertiary/aromatic N) is 6. The third-order valence-corrected chi connectivity index (χ3v) is 8.95. The molecule has 4 rings (SSSR count).